The highest BCUT2D eigenvalue weighted by molar-refractivity contribution is 4.67. The zero-order valence-corrected chi connectivity index (χ0v) is 11.3. The monoisotopic (exact) mass is 246 g/mol. The van der Waals surface area contributed by atoms with Gasteiger partial charge in [-0.3, -0.25) is 0 Å². The van der Waals surface area contributed by atoms with Crippen molar-refractivity contribution in [3.05, 3.63) is 0 Å². The molecular formula is C14H30O3. The van der Waals surface area contributed by atoms with Crippen molar-refractivity contribution in [1.82, 2.24) is 0 Å². The van der Waals surface area contributed by atoms with Gasteiger partial charge in [-0.2, -0.15) is 0 Å². The molecule has 0 aromatic carbocycles. The molecule has 0 bridgehead atoms. The van der Waals surface area contributed by atoms with Crippen molar-refractivity contribution in [1.29, 1.82) is 0 Å². The molecule has 0 aliphatic rings. The quantitative estimate of drug-likeness (QED) is 0.464. The van der Waals surface area contributed by atoms with Crippen LogP contribution in [0, 0.1) is 0 Å². The summed E-state index contributed by atoms with van der Waals surface area (Å²) in [6, 6.07) is 0. The summed E-state index contributed by atoms with van der Waals surface area (Å²) in [5, 5.41) is 27.8. The molecule has 0 aliphatic carbocycles. The number of hydrogen-bond donors (Lipinski definition) is 3. The van der Waals surface area contributed by atoms with Gasteiger partial charge in [-0.1, -0.05) is 51.9 Å². The SMILES string of the molecule is CCCCCCCCCC(O)C(O)CCCO. The van der Waals surface area contributed by atoms with Crippen LogP contribution >= 0.6 is 0 Å². The average molecular weight is 246 g/mol. The molecule has 0 amide bonds. The van der Waals surface area contributed by atoms with Gasteiger partial charge in [0.1, 0.15) is 0 Å². The van der Waals surface area contributed by atoms with Gasteiger partial charge in [0.05, 0.1) is 12.2 Å². The van der Waals surface area contributed by atoms with Gasteiger partial charge in [0.25, 0.3) is 0 Å². The highest BCUT2D eigenvalue weighted by Crippen LogP contribution is 2.13. The van der Waals surface area contributed by atoms with E-state index in [4.69, 9.17) is 5.11 Å². The van der Waals surface area contributed by atoms with E-state index in [2.05, 4.69) is 6.92 Å². The average Bonchev–Trinajstić information content (AvgIpc) is 2.34. The predicted octanol–water partition coefficient (Wildman–Crippen LogP) is 2.62. The molecule has 0 saturated carbocycles. The Morgan fingerprint density at radius 2 is 1.18 bits per heavy atom. The lowest BCUT2D eigenvalue weighted by Crippen LogP contribution is -2.25. The summed E-state index contributed by atoms with van der Waals surface area (Å²) in [5.41, 5.74) is 0. The van der Waals surface area contributed by atoms with Crippen molar-refractivity contribution in [2.45, 2.75) is 83.3 Å². The van der Waals surface area contributed by atoms with E-state index in [-0.39, 0.29) is 6.61 Å². The summed E-state index contributed by atoms with van der Waals surface area (Å²) in [5.74, 6) is 0. The summed E-state index contributed by atoms with van der Waals surface area (Å²) >= 11 is 0. The van der Waals surface area contributed by atoms with Crippen LogP contribution in [-0.2, 0) is 0 Å². The van der Waals surface area contributed by atoms with Crippen LogP contribution in [0.25, 0.3) is 0 Å². The maximum atomic E-state index is 9.65. The van der Waals surface area contributed by atoms with E-state index >= 15 is 0 Å². The van der Waals surface area contributed by atoms with Crippen molar-refractivity contribution in [2.75, 3.05) is 6.61 Å². The van der Waals surface area contributed by atoms with Gasteiger partial charge in [0.2, 0.25) is 0 Å². The number of aliphatic hydroxyl groups excluding tert-OH is 3. The number of unbranched alkanes of at least 4 members (excludes halogenated alkanes) is 6. The van der Waals surface area contributed by atoms with Crippen LogP contribution in [0.3, 0.4) is 0 Å². The Bertz CT molecular complexity index is 150. The lowest BCUT2D eigenvalue weighted by Gasteiger charge is -2.17. The van der Waals surface area contributed by atoms with Crippen LogP contribution in [0.15, 0.2) is 0 Å². The molecule has 3 N–H and O–H groups in total. The Hall–Kier alpha value is -0.120. The summed E-state index contributed by atoms with van der Waals surface area (Å²) in [6.45, 7) is 2.30. The number of rotatable bonds is 12. The van der Waals surface area contributed by atoms with Crippen molar-refractivity contribution in [3.8, 4) is 0 Å². The zero-order valence-electron chi connectivity index (χ0n) is 11.3. The molecule has 0 spiro atoms. The third-order valence-electron chi connectivity index (χ3n) is 3.21. The summed E-state index contributed by atoms with van der Waals surface area (Å²) in [7, 11) is 0. The molecule has 2 atom stereocenters. The molecule has 3 heteroatoms. The Morgan fingerprint density at radius 3 is 1.71 bits per heavy atom. The third kappa shape index (κ3) is 10.7. The van der Waals surface area contributed by atoms with E-state index < -0.39 is 12.2 Å². The standard InChI is InChI=1S/C14H30O3/c1-2-3-4-5-6-7-8-10-13(16)14(17)11-9-12-15/h13-17H,2-12H2,1H3. The molecule has 2 unspecified atom stereocenters. The first-order valence-electron chi connectivity index (χ1n) is 7.19. The first kappa shape index (κ1) is 16.9. The summed E-state index contributed by atoms with van der Waals surface area (Å²) in [4.78, 5) is 0. The minimum atomic E-state index is -0.665. The van der Waals surface area contributed by atoms with Crippen LogP contribution in [0.1, 0.15) is 71.1 Å². The Kier molecular flexibility index (Phi) is 12.3. The van der Waals surface area contributed by atoms with Gasteiger partial charge in [0, 0.05) is 6.61 Å². The van der Waals surface area contributed by atoms with Crippen LogP contribution in [0.5, 0.6) is 0 Å². The lowest BCUT2D eigenvalue weighted by molar-refractivity contribution is 0.00522. The molecule has 0 aromatic rings. The Labute approximate surface area is 106 Å². The van der Waals surface area contributed by atoms with Gasteiger partial charge in [-0.15, -0.1) is 0 Å². The lowest BCUT2D eigenvalue weighted by atomic mass is 10.0. The van der Waals surface area contributed by atoms with E-state index in [0.717, 1.165) is 12.8 Å². The molecule has 0 heterocycles. The smallest absolute Gasteiger partial charge is 0.0800 e. The van der Waals surface area contributed by atoms with Crippen molar-refractivity contribution in [3.63, 3.8) is 0 Å². The van der Waals surface area contributed by atoms with Crippen LogP contribution in [0.4, 0.5) is 0 Å². The molecule has 0 saturated heterocycles. The minimum absolute atomic E-state index is 0.0845. The molecule has 0 aromatic heterocycles. The molecule has 0 radical (unpaired) electrons. The fourth-order valence-electron chi connectivity index (χ4n) is 2.00. The molecule has 3 nitrogen and oxygen atoms in total. The van der Waals surface area contributed by atoms with E-state index in [9.17, 15) is 10.2 Å². The Balaban J connectivity index is 3.28. The van der Waals surface area contributed by atoms with Crippen molar-refractivity contribution < 1.29 is 15.3 Å². The van der Waals surface area contributed by atoms with E-state index in [1.807, 2.05) is 0 Å². The predicted molar refractivity (Wildman–Crippen MR) is 70.9 cm³/mol. The molecule has 0 rings (SSSR count). The third-order valence-corrected chi connectivity index (χ3v) is 3.21. The second-order valence-electron chi connectivity index (χ2n) is 4.91. The molecule has 104 valence electrons. The highest BCUT2D eigenvalue weighted by atomic mass is 16.3. The molecule has 0 fully saturated rings. The Morgan fingerprint density at radius 1 is 0.706 bits per heavy atom. The normalized spacial score (nSPS) is 14.8. The van der Waals surface area contributed by atoms with Gasteiger partial charge < -0.3 is 15.3 Å². The van der Waals surface area contributed by atoms with Gasteiger partial charge in [0.15, 0.2) is 0 Å². The van der Waals surface area contributed by atoms with Crippen molar-refractivity contribution >= 4 is 0 Å². The maximum absolute atomic E-state index is 9.65. The fraction of sp³-hybridized carbons (Fsp3) is 1.00. The zero-order chi connectivity index (χ0) is 12.9. The summed E-state index contributed by atoms with van der Waals surface area (Å²) in [6.07, 6.45) is 9.03. The highest BCUT2D eigenvalue weighted by Gasteiger charge is 2.14. The van der Waals surface area contributed by atoms with Gasteiger partial charge >= 0.3 is 0 Å². The molecular weight excluding hydrogens is 216 g/mol. The summed E-state index contributed by atoms with van der Waals surface area (Å²) < 4.78 is 0. The first-order chi connectivity index (χ1) is 8.22. The van der Waals surface area contributed by atoms with Gasteiger partial charge in [-0.25, -0.2) is 0 Å². The first-order valence-corrected chi connectivity index (χ1v) is 7.19. The molecule has 17 heavy (non-hydrogen) atoms. The van der Waals surface area contributed by atoms with Crippen LogP contribution < -0.4 is 0 Å². The number of aliphatic hydroxyl groups is 3. The second-order valence-corrected chi connectivity index (χ2v) is 4.91. The van der Waals surface area contributed by atoms with Crippen LogP contribution in [-0.4, -0.2) is 34.1 Å². The largest absolute Gasteiger partial charge is 0.396 e. The molecule has 0 aliphatic heterocycles. The van der Waals surface area contributed by atoms with E-state index in [1.165, 1.54) is 32.1 Å². The topological polar surface area (TPSA) is 60.7 Å². The van der Waals surface area contributed by atoms with Gasteiger partial charge in [-0.05, 0) is 19.3 Å². The van der Waals surface area contributed by atoms with E-state index in [0.29, 0.717) is 19.3 Å². The van der Waals surface area contributed by atoms with Crippen LogP contribution in [0.2, 0.25) is 0 Å². The number of hydrogen-bond acceptors (Lipinski definition) is 3. The van der Waals surface area contributed by atoms with Crippen molar-refractivity contribution in [2.24, 2.45) is 0 Å². The second kappa shape index (κ2) is 12.3. The van der Waals surface area contributed by atoms with E-state index in [1.54, 1.807) is 0 Å². The minimum Gasteiger partial charge on any atom is -0.396 e. The maximum Gasteiger partial charge on any atom is 0.0800 e. The fourth-order valence-corrected chi connectivity index (χ4v) is 2.00.